The van der Waals surface area contributed by atoms with Gasteiger partial charge in [-0.1, -0.05) is 35.9 Å². The van der Waals surface area contributed by atoms with Gasteiger partial charge in [0.15, 0.2) is 0 Å². The smallest absolute Gasteiger partial charge is 0.127 e. The Morgan fingerprint density at radius 1 is 1.06 bits per heavy atom. The minimum atomic E-state index is -0.128. The number of hydrogen-bond acceptors (Lipinski definition) is 5. The van der Waals surface area contributed by atoms with E-state index in [2.05, 4.69) is 65.0 Å². The van der Waals surface area contributed by atoms with Gasteiger partial charge in [-0.05, 0) is 67.5 Å². The quantitative estimate of drug-likeness (QED) is 0.495. The van der Waals surface area contributed by atoms with Crippen molar-refractivity contribution in [2.24, 2.45) is 0 Å². The summed E-state index contributed by atoms with van der Waals surface area (Å²) in [7, 11) is 0. The molecule has 0 aliphatic carbocycles. The largest absolute Gasteiger partial charge is 0.457 e. The second kappa shape index (κ2) is 10.9. The predicted octanol–water partition coefficient (Wildman–Crippen LogP) is 5.01. The molecule has 1 unspecified atom stereocenters. The van der Waals surface area contributed by atoms with E-state index in [1.807, 2.05) is 29.5 Å². The van der Waals surface area contributed by atoms with Gasteiger partial charge in [-0.2, -0.15) is 0 Å². The molecule has 3 aromatic rings. The van der Waals surface area contributed by atoms with E-state index in [9.17, 15) is 5.11 Å². The number of aryl methyl sites for hydroxylation is 1. The van der Waals surface area contributed by atoms with Gasteiger partial charge in [-0.15, -0.1) is 11.3 Å². The lowest BCUT2D eigenvalue weighted by Gasteiger charge is -2.33. The number of hydrogen-bond donors (Lipinski definition) is 2. The minimum absolute atomic E-state index is 0.128. The molecule has 0 amide bonds. The molecule has 4 rings (SSSR count). The van der Waals surface area contributed by atoms with E-state index in [4.69, 9.17) is 4.74 Å². The second-order valence-electron chi connectivity index (χ2n) is 8.46. The zero-order valence-corrected chi connectivity index (χ0v) is 19.0. The van der Waals surface area contributed by atoms with Gasteiger partial charge in [0.25, 0.3) is 0 Å². The predicted molar refractivity (Wildman–Crippen MR) is 128 cm³/mol. The lowest BCUT2D eigenvalue weighted by Crippen LogP contribution is -2.45. The van der Waals surface area contributed by atoms with E-state index in [1.165, 1.54) is 16.0 Å². The van der Waals surface area contributed by atoms with Crippen LogP contribution in [-0.4, -0.2) is 41.8 Å². The standard InChI is InChI=1S/C26H32N2O2S/c1-20-7-9-24(10-8-20)30-25-5-2-4-21(16-25)18-27-22(17-26-6-3-15-31-26)19-28-13-11-23(29)12-14-28/h2-10,15-16,22-23,27,29H,11-14,17-19H2,1H3. The number of aliphatic hydroxyl groups is 1. The van der Waals surface area contributed by atoms with Crippen LogP contribution in [0.3, 0.4) is 0 Å². The number of ether oxygens (including phenoxy) is 1. The van der Waals surface area contributed by atoms with Crippen molar-refractivity contribution in [3.63, 3.8) is 0 Å². The molecule has 0 spiro atoms. The molecule has 164 valence electrons. The number of aliphatic hydroxyl groups excluding tert-OH is 1. The van der Waals surface area contributed by atoms with E-state index in [0.29, 0.717) is 6.04 Å². The summed E-state index contributed by atoms with van der Waals surface area (Å²) >= 11 is 1.82. The zero-order chi connectivity index (χ0) is 21.5. The summed E-state index contributed by atoms with van der Waals surface area (Å²) in [4.78, 5) is 3.89. The number of nitrogens with zero attached hydrogens (tertiary/aromatic N) is 1. The lowest BCUT2D eigenvalue weighted by molar-refractivity contribution is 0.0776. The summed E-state index contributed by atoms with van der Waals surface area (Å²) in [6.45, 7) is 5.84. The van der Waals surface area contributed by atoms with Crippen molar-refractivity contribution in [1.29, 1.82) is 0 Å². The lowest BCUT2D eigenvalue weighted by atomic mass is 10.1. The highest BCUT2D eigenvalue weighted by Gasteiger charge is 2.20. The molecule has 2 N–H and O–H groups in total. The summed E-state index contributed by atoms with van der Waals surface area (Å²) in [6, 6.07) is 21.2. The molecule has 1 aliphatic heterocycles. The number of nitrogens with one attached hydrogen (secondary N) is 1. The van der Waals surface area contributed by atoms with Gasteiger partial charge in [-0.3, -0.25) is 0 Å². The maximum atomic E-state index is 9.81. The first-order chi connectivity index (χ1) is 15.1. The second-order valence-corrected chi connectivity index (χ2v) is 9.49. The topological polar surface area (TPSA) is 44.7 Å². The number of thiophene rings is 1. The highest BCUT2D eigenvalue weighted by atomic mass is 32.1. The van der Waals surface area contributed by atoms with Gasteiger partial charge < -0.3 is 20.1 Å². The van der Waals surface area contributed by atoms with Crippen LogP contribution < -0.4 is 10.1 Å². The maximum absolute atomic E-state index is 9.81. The highest BCUT2D eigenvalue weighted by molar-refractivity contribution is 7.09. The molecule has 4 nitrogen and oxygen atoms in total. The normalized spacial score (nSPS) is 16.3. The van der Waals surface area contributed by atoms with Gasteiger partial charge in [-0.25, -0.2) is 0 Å². The van der Waals surface area contributed by atoms with E-state index in [1.54, 1.807) is 0 Å². The monoisotopic (exact) mass is 436 g/mol. The molecule has 1 fully saturated rings. The average Bonchev–Trinajstić information content (AvgIpc) is 3.29. The van der Waals surface area contributed by atoms with Crippen molar-refractivity contribution in [3.05, 3.63) is 82.0 Å². The summed E-state index contributed by atoms with van der Waals surface area (Å²) in [5.74, 6) is 1.72. The molecule has 0 bridgehead atoms. The molecule has 2 heterocycles. The van der Waals surface area contributed by atoms with E-state index in [-0.39, 0.29) is 6.10 Å². The highest BCUT2D eigenvalue weighted by Crippen LogP contribution is 2.23. The molecule has 5 heteroatoms. The fourth-order valence-corrected chi connectivity index (χ4v) is 4.80. The molecule has 0 radical (unpaired) electrons. The minimum Gasteiger partial charge on any atom is -0.457 e. The molecule has 1 atom stereocenters. The maximum Gasteiger partial charge on any atom is 0.127 e. The molecule has 1 aromatic heterocycles. The first-order valence-electron chi connectivity index (χ1n) is 11.1. The van der Waals surface area contributed by atoms with Gasteiger partial charge in [0.2, 0.25) is 0 Å². The number of piperidine rings is 1. The van der Waals surface area contributed by atoms with Crippen molar-refractivity contribution in [3.8, 4) is 11.5 Å². The molecular weight excluding hydrogens is 404 g/mol. The third-order valence-corrected chi connectivity index (χ3v) is 6.71. The van der Waals surface area contributed by atoms with Crippen LogP contribution in [0.15, 0.2) is 66.0 Å². The third kappa shape index (κ3) is 6.91. The van der Waals surface area contributed by atoms with Crippen molar-refractivity contribution in [1.82, 2.24) is 10.2 Å². The Morgan fingerprint density at radius 3 is 2.61 bits per heavy atom. The Morgan fingerprint density at radius 2 is 1.87 bits per heavy atom. The number of likely N-dealkylation sites (tertiary alicyclic amines) is 1. The summed E-state index contributed by atoms with van der Waals surface area (Å²) < 4.78 is 6.04. The van der Waals surface area contributed by atoms with Gasteiger partial charge in [0.05, 0.1) is 6.10 Å². The molecular formula is C26H32N2O2S. The van der Waals surface area contributed by atoms with Gasteiger partial charge in [0, 0.05) is 37.1 Å². The van der Waals surface area contributed by atoms with Crippen molar-refractivity contribution in [2.45, 2.75) is 44.9 Å². The summed E-state index contributed by atoms with van der Waals surface area (Å²) in [6.07, 6.45) is 2.65. The number of benzene rings is 2. The van der Waals surface area contributed by atoms with Crippen LogP contribution in [0.5, 0.6) is 11.5 Å². The Hall–Kier alpha value is -2.18. The zero-order valence-electron chi connectivity index (χ0n) is 18.2. The first-order valence-corrected chi connectivity index (χ1v) is 12.0. The van der Waals surface area contributed by atoms with Gasteiger partial charge >= 0.3 is 0 Å². The van der Waals surface area contributed by atoms with Gasteiger partial charge in [0.1, 0.15) is 11.5 Å². The number of rotatable bonds is 9. The fraction of sp³-hybridized carbons (Fsp3) is 0.385. The van der Waals surface area contributed by atoms with Crippen molar-refractivity contribution < 1.29 is 9.84 Å². The molecule has 2 aromatic carbocycles. The van der Waals surface area contributed by atoms with Crippen molar-refractivity contribution in [2.75, 3.05) is 19.6 Å². The van der Waals surface area contributed by atoms with Crippen LogP contribution in [0.4, 0.5) is 0 Å². The Kier molecular flexibility index (Phi) is 7.76. The summed E-state index contributed by atoms with van der Waals surface area (Å²) in [5, 5.41) is 15.7. The van der Waals surface area contributed by atoms with E-state index < -0.39 is 0 Å². The van der Waals surface area contributed by atoms with Crippen LogP contribution in [0.1, 0.15) is 28.8 Å². The average molecular weight is 437 g/mol. The van der Waals surface area contributed by atoms with Crippen LogP contribution >= 0.6 is 11.3 Å². The fourth-order valence-electron chi connectivity index (χ4n) is 4.01. The van der Waals surface area contributed by atoms with Crippen molar-refractivity contribution >= 4 is 11.3 Å². The van der Waals surface area contributed by atoms with Crippen LogP contribution in [0.2, 0.25) is 0 Å². The molecule has 0 saturated carbocycles. The molecule has 31 heavy (non-hydrogen) atoms. The molecule has 1 saturated heterocycles. The van der Waals surface area contributed by atoms with Crippen LogP contribution in [-0.2, 0) is 13.0 Å². The SMILES string of the molecule is Cc1ccc(Oc2cccc(CNC(Cc3cccs3)CN3CCC(O)CC3)c2)cc1. The Bertz CT molecular complexity index is 919. The van der Waals surface area contributed by atoms with Crippen LogP contribution in [0, 0.1) is 6.92 Å². The van der Waals surface area contributed by atoms with E-state index in [0.717, 1.165) is 56.9 Å². The van der Waals surface area contributed by atoms with Crippen LogP contribution in [0.25, 0.3) is 0 Å². The summed E-state index contributed by atoms with van der Waals surface area (Å²) in [5.41, 5.74) is 2.44. The van der Waals surface area contributed by atoms with E-state index >= 15 is 0 Å². The Labute approximate surface area is 189 Å². The first kappa shape index (κ1) is 22.0. The molecule has 1 aliphatic rings. The Balaban J connectivity index is 1.37. The third-order valence-electron chi connectivity index (χ3n) is 5.81.